The molecule has 11 heteroatoms. The number of hydrogen-bond acceptors (Lipinski definition) is 7. The molecule has 0 aliphatic heterocycles. The van der Waals surface area contributed by atoms with Gasteiger partial charge < -0.3 is 9.30 Å². The minimum atomic E-state index is -0.710. The van der Waals surface area contributed by atoms with Crippen LogP contribution in [0.1, 0.15) is 16.6 Å². The van der Waals surface area contributed by atoms with Gasteiger partial charge in [0, 0.05) is 6.07 Å². The zero-order chi connectivity index (χ0) is 19.6. The van der Waals surface area contributed by atoms with E-state index < -0.39 is 22.6 Å². The first kappa shape index (κ1) is 18.9. The monoisotopic (exact) mass is 409 g/mol. The molecule has 140 valence electrons. The number of aromatic nitrogens is 1. The second-order valence-corrected chi connectivity index (χ2v) is 7.25. The van der Waals surface area contributed by atoms with Crippen molar-refractivity contribution < 1.29 is 23.6 Å². The Labute approximate surface area is 159 Å². The summed E-state index contributed by atoms with van der Waals surface area (Å²) in [6.07, 6.45) is 0. The van der Waals surface area contributed by atoms with Crippen LogP contribution in [0.15, 0.2) is 35.3 Å². The molecule has 0 unspecified atom stereocenters. The van der Waals surface area contributed by atoms with Crippen molar-refractivity contribution in [1.29, 1.82) is 0 Å². The summed E-state index contributed by atoms with van der Waals surface area (Å²) in [6, 6.07) is 6.91. The summed E-state index contributed by atoms with van der Waals surface area (Å²) >= 11 is 1.73. The van der Waals surface area contributed by atoms with Gasteiger partial charge in [-0.2, -0.15) is 4.99 Å². The molecule has 0 saturated carbocycles. The Kier molecular flexibility index (Phi) is 5.42. The summed E-state index contributed by atoms with van der Waals surface area (Å²) in [5.41, 5.74) is 0.138. The average Bonchev–Trinajstić information content (AvgIpc) is 3.22. The minimum absolute atomic E-state index is 0.0716. The smallest absolute Gasteiger partial charge is 0.326 e. The standard InChI is InChI=1S/C16H12FN3O5S2/c1-2-25-13(21)8-19-14-9(17)4-3-5-10(14)27-16(19)18-15(22)11-6-7-12(26-11)20(23)24/h3-7H,2,8H2,1H3. The maximum absolute atomic E-state index is 14.3. The number of fused-ring (bicyclic) bond motifs is 1. The number of carbonyl (C=O) groups is 2. The third-order valence-corrected chi connectivity index (χ3v) is 5.49. The molecule has 0 spiro atoms. The van der Waals surface area contributed by atoms with Crippen molar-refractivity contribution >= 4 is 49.8 Å². The number of thiophene rings is 1. The van der Waals surface area contributed by atoms with Gasteiger partial charge in [0.15, 0.2) is 4.80 Å². The van der Waals surface area contributed by atoms with Crippen LogP contribution in [0, 0.1) is 15.9 Å². The van der Waals surface area contributed by atoms with Crippen LogP contribution in [0.2, 0.25) is 0 Å². The first-order valence-electron chi connectivity index (χ1n) is 7.67. The molecule has 0 saturated heterocycles. The van der Waals surface area contributed by atoms with E-state index in [1.54, 1.807) is 13.0 Å². The number of nitrogens with zero attached hydrogens (tertiary/aromatic N) is 3. The van der Waals surface area contributed by atoms with Gasteiger partial charge in [0.05, 0.1) is 21.7 Å². The van der Waals surface area contributed by atoms with Crippen LogP contribution in [-0.2, 0) is 16.1 Å². The number of esters is 1. The van der Waals surface area contributed by atoms with Crippen LogP contribution in [0.3, 0.4) is 0 Å². The minimum Gasteiger partial charge on any atom is -0.465 e. The van der Waals surface area contributed by atoms with E-state index in [2.05, 4.69) is 4.99 Å². The number of para-hydroxylation sites is 1. The van der Waals surface area contributed by atoms with Gasteiger partial charge in [-0.1, -0.05) is 28.7 Å². The number of rotatable bonds is 5. The maximum atomic E-state index is 14.3. The molecule has 3 aromatic rings. The van der Waals surface area contributed by atoms with Crippen molar-refractivity contribution in [2.24, 2.45) is 4.99 Å². The van der Waals surface area contributed by atoms with E-state index in [1.807, 2.05) is 0 Å². The van der Waals surface area contributed by atoms with Crippen LogP contribution < -0.4 is 4.80 Å². The predicted molar refractivity (Wildman–Crippen MR) is 97.3 cm³/mol. The third kappa shape index (κ3) is 3.93. The molecule has 0 atom stereocenters. The lowest BCUT2D eigenvalue weighted by molar-refractivity contribution is -0.380. The highest BCUT2D eigenvalue weighted by molar-refractivity contribution is 7.17. The van der Waals surface area contributed by atoms with Gasteiger partial charge in [-0.05, 0) is 25.1 Å². The number of hydrogen-bond donors (Lipinski definition) is 0. The topological polar surface area (TPSA) is 104 Å². The summed E-state index contributed by atoms with van der Waals surface area (Å²) in [5.74, 6) is -1.87. The zero-order valence-electron chi connectivity index (χ0n) is 13.9. The van der Waals surface area contributed by atoms with Gasteiger partial charge in [-0.25, -0.2) is 4.39 Å². The van der Waals surface area contributed by atoms with Gasteiger partial charge in [0.1, 0.15) is 17.2 Å². The molecule has 0 radical (unpaired) electrons. The molecule has 0 aliphatic rings. The Bertz CT molecular complexity index is 1110. The Morgan fingerprint density at radius 2 is 2.07 bits per heavy atom. The fourth-order valence-electron chi connectivity index (χ4n) is 2.34. The van der Waals surface area contributed by atoms with E-state index in [-0.39, 0.29) is 33.3 Å². The van der Waals surface area contributed by atoms with Crippen LogP contribution in [0.4, 0.5) is 9.39 Å². The van der Waals surface area contributed by atoms with Gasteiger partial charge >= 0.3 is 11.0 Å². The highest BCUT2D eigenvalue weighted by Crippen LogP contribution is 2.25. The quantitative estimate of drug-likeness (QED) is 0.366. The Morgan fingerprint density at radius 3 is 2.74 bits per heavy atom. The lowest BCUT2D eigenvalue weighted by Crippen LogP contribution is -2.23. The number of amides is 1. The largest absolute Gasteiger partial charge is 0.465 e. The molecular formula is C16H12FN3O5S2. The normalized spacial score (nSPS) is 11.7. The molecule has 8 nitrogen and oxygen atoms in total. The van der Waals surface area contributed by atoms with E-state index >= 15 is 0 Å². The third-order valence-electron chi connectivity index (χ3n) is 3.42. The van der Waals surface area contributed by atoms with Crippen molar-refractivity contribution in [2.45, 2.75) is 13.5 Å². The SMILES string of the molecule is CCOC(=O)Cn1c(=NC(=O)c2ccc([N+](=O)[O-])s2)sc2cccc(F)c21. The molecule has 1 aromatic carbocycles. The van der Waals surface area contributed by atoms with Crippen LogP contribution >= 0.6 is 22.7 Å². The number of thiazole rings is 1. The Balaban J connectivity index is 2.10. The molecule has 2 heterocycles. The van der Waals surface area contributed by atoms with Crippen LogP contribution in [0.25, 0.3) is 10.2 Å². The molecule has 2 aromatic heterocycles. The number of benzene rings is 1. The van der Waals surface area contributed by atoms with Crippen molar-refractivity contribution in [1.82, 2.24) is 4.57 Å². The second-order valence-electron chi connectivity index (χ2n) is 5.17. The van der Waals surface area contributed by atoms with E-state index in [1.165, 1.54) is 28.8 Å². The van der Waals surface area contributed by atoms with Crippen molar-refractivity contribution in [3.05, 3.63) is 55.9 Å². The fourth-order valence-corrected chi connectivity index (χ4v) is 4.08. The number of nitro groups is 1. The van der Waals surface area contributed by atoms with E-state index in [0.717, 1.165) is 11.3 Å². The van der Waals surface area contributed by atoms with Gasteiger partial charge in [0.25, 0.3) is 5.91 Å². The molecular weight excluding hydrogens is 397 g/mol. The van der Waals surface area contributed by atoms with Crippen molar-refractivity contribution in [3.8, 4) is 0 Å². The van der Waals surface area contributed by atoms with Crippen molar-refractivity contribution in [2.75, 3.05) is 6.61 Å². The first-order chi connectivity index (χ1) is 12.9. The Hall–Kier alpha value is -2.92. The Morgan fingerprint density at radius 1 is 1.30 bits per heavy atom. The summed E-state index contributed by atoms with van der Waals surface area (Å²) < 4.78 is 21.0. The lowest BCUT2D eigenvalue weighted by atomic mass is 10.3. The molecule has 3 rings (SSSR count). The van der Waals surface area contributed by atoms with E-state index in [9.17, 15) is 24.1 Å². The fraction of sp³-hybridized carbons (Fsp3) is 0.188. The summed E-state index contributed by atoms with van der Waals surface area (Å²) in [5, 5.41) is 10.6. The zero-order valence-corrected chi connectivity index (χ0v) is 15.5. The lowest BCUT2D eigenvalue weighted by Gasteiger charge is -2.05. The van der Waals surface area contributed by atoms with Gasteiger partial charge in [-0.3, -0.25) is 19.7 Å². The van der Waals surface area contributed by atoms with Crippen LogP contribution in [0.5, 0.6) is 0 Å². The molecule has 0 fully saturated rings. The van der Waals surface area contributed by atoms with Gasteiger partial charge in [-0.15, -0.1) is 0 Å². The average molecular weight is 409 g/mol. The summed E-state index contributed by atoms with van der Waals surface area (Å²) in [4.78, 5) is 38.6. The number of ether oxygens (including phenoxy) is 1. The second kappa shape index (κ2) is 7.76. The molecule has 0 aliphatic carbocycles. The van der Waals surface area contributed by atoms with Crippen molar-refractivity contribution in [3.63, 3.8) is 0 Å². The summed E-state index contributed by atoms with van der Waals surface area (Å²) in [6.45, 7) is 1.49. The highest BCUT2D eigenvalue weighted by Gasteiger charge is 2.18. The number of halogens is 1. The summed E-state index contributed by atoms with van der Waals surface area (Å²) in [7, 11) is 0. The highest BCUT2D eigenvalue weighted by atomic mass is 32.1. The first-order valence-corrected chi connectivity index (χ1v) is 9.30. The molecule has 0 N–H and O–H groups in total. The van der Waals surface area contributed by atoms with Crippen LogP contribution in [-0.4, -0.2) is 28.0 Å². The molecule has 27 heavy (non-hydrogen) atoms. The molecule has 0 bridgehead atoms. The molecule has 1 amide bonds. The maximum Gasteiger partial charge on any atom is 0.326 e. The predicted octanol–water partition coefficient (Wildman–Crippen LogP) is 3.12. The van der Waals surface area contributed by atoms with Gasteiger partial charge in [0.2, 0.25) is 0 Å². The van der Waals surface area contributed by atoms with E-state index in [0.29, 0.717) is 16.0 Å². The number of carbonyl (C=O) groups excluding carboxylic acids is 2. The van der Waals surface area contributed by atoms with E-state index in [4.69, 9.17) is 4.74 Å².